The second-order valence-electron chi connectivity index (χ2n) is 20.3. The first kappa shape index (κ1) is 58.9. The van der Waals surface area contributed by atoms with E-state index in [1.54, 1.807) is 6.20 Å². The number of likely N-dealkylation sites (N-methyl/N-ethyl adjacent to an activating group) is 3. The van der Waals surface area contributed by atoms with Crippen LogP contribution in [-0.4, -0.2) is 134 Å². The number of carboxylic acid groups (broad SMARTS) is 1. The number of hydrogen-bond acceptors (Lipinski definition) is 11. The van der Waals surface area contributed by atoms with Gasteiger partial charge in [0.2, 0.25) is 29.5 Å². The highest BCUT2D eigenvalue weighted by atomic mass is 19.1. The molecule has 18 nitrogen and oxygen atoms in total. The first-order valence-corrected chi connectivity index (χ1v) is 24.4. The molecule has 0 radical (unpaired) electrons. The Bertz CT molecular complexity index is 2360. The molecule has 0 aliphatic heterocycles. The van der Waals surface area contributed by atoms with Crippen LogP contribution in [0.2, 0.25) is 0 Å². The quantitative estimate of drug-likeness (QED) is 0.0733. The number of benzene rings is 1. The van der Waals surface area contributed by atoms with Crippen molar-refractivity contribution in [1.82, 2.24) is 34.9 Å². The fourth-order valence-electron chi connectivity index (χ4n) is 8.46. The van der Waals surface area contributed by atoms with Crippen molar-refractivity contribution >= 4 is 52.4 Å². The summed E-state index contributed by atoms with van der Waals surface area (Å²) in [5.74, 6) is -6.19. The zero-order valence-electron chi connectivity index (χ0n) is 43.5. The number of pyridine rings is 1. The smallest absolute Gasteiger partial charge is 0.345 e. The SMILES string of the molecule is CC(C)C[C@H](NC(=O)[C@H](Cc1cn(Cc2cncc(F)c2)c2ccccc12)N(C)C(=O)[C@H](CC(C)C)NC(=O)[C@H](CC(C)C)N(C)C(=O)[C@@H](N)CC(C)C)C(=O)N(C)[C@@H](C)C(=O)O[C@H](CCC#N)C(=O)O. The number of aliphatic carboxylic acids is 1. The number of aromatic nitrogens is 2. The van der Waals surface area contributed by atoms with Crippen LogP contribution in [0.1, 0.15) is 112 Å². The van der Waals surface area contributed by atoms with E-state index in [1.807, 2.05) is 96.5 Å². The number of amides is 5. The highest BCUT2D eigenvalue weighted by Crippen LogP contribution is 2.26. The lowest BCUT2D eigenvalue weighted by atomic mass is 9.96. The molecule has 5 amide bonds. The van der Waals surface area contributed by atoms with Crippen LogP contribution in [0.5, 0.6) is 0 Å². The van der Waals surface area contributed by atoms with E-state index in [0.29, 0.717) is 17.5 Å². The average Bonchev–Trinajstić information content (AvgIpc) is 3.64. The number of rotatable bonds is 27. The van der Waals surface area contributed by atoms with Crippen LogP contribution in [0.15, 0.2) is 48.9 Å². The van der Waals surface area contributed by atoms with Gasteiger partial charge in [-0.1, -0.05) is 73.6 Å². The number of carbonyl (C=O) groups is 7. The first-order chi connectivity index (χ1) is 33.3. The molecular formula is C52H76FN9O9. The van der Waals surface area contributed by atoms with E-state index < -0.39 is 89.6 Å². The standard InChI is InChI=1S/C52H76FN9O9/c1-30(2)20-39(55)48(65)60(11)43(23-33(7)8)46(63)58-41(22-32(5)6)50(67)61(12)44(25-36-29-62(42-17-14-13-16-38(36)42)28-35-24-37(53)27-56-26-35)47(64)57-40(21-31(3)4)49(66)59(10)34(9)52(70)71-45(51(68)69)18-15-19-54/h13-14,16-17,24,26-27,29-34,39-41,43-45H,15,18,20-23,25,28,55H2,1-12H3,(H,57,64)(H,58,63)(H,68,69)/t34-,39-,40-,41-,43-,44-,45+/m0/s1. The van der Waals surface area contributed by atoms with Gasteiger partial charge < -0.3 is 45.5 Å². The van der Waals surface area contributed by atoms with Crippen molar-refractivity contribution in [3.05, 3.63) is 65.9 Å². The summed E-state index contributed by atoms with van der Waals surface area (Å²) in [4.78, 5) is 105. The first-order valence-electron chi connectivity index (χ1n) is 24.4. The number of carboxylic acids is 1. The molecule has 0 unspecified atom stereocenters. The number of halogens is 1. The van der Waals surface area contributed by atoms with Crippen LogP contribution in [0.25, 0.3) is 10.9 Å². The molecule has 0 aliphatic carbocycles. The molecule has 5 N–H and O–H groups in total. The molecular weight excluding hydrogens is 914 g/mol. The van der Waals surface area contributed by atoms with Crippen molar-refractivity contribution in [1.29, 1.82) is 5.26 Å². The fraction of sp³-hybridized carbons (Fsp3) is 0.596. The number of nitrogens with two attached hydrogens (primary N) is 1. The molecule has 7 atom stereocenters. The molecule has 0 saturated heterocycles. The van der Waals surface area contributed by atoms with E-state index >= 15 is 9.59 Å². The maximum atomic E-state index is 15.1. The van der Waals surface area contributed by atoms with Gasteiger partial charge in [-0.15, -0.1) is 0 Å². The monoisotopic (exact) mass is 990 g/mol. The lowest BCUT2D eigenvalue weighted by Crippen LogP contribution is -2.60. The van der Waals surface area contributed by atoms with Gasteiger partial charge in [0.05, 0.1) is 18.3 Å². The van der Waals surface area contributed by atoms with E-state index in [-0.39, 0.29) is 68.7 Å². The Morgan fingerprint density at radius 1 is 0.775 bits per heavy atom. The van der Waals surface area contributed by atoms with Crippen molar-refractivity contribution < 1.29 is 47.8 Å². The summed E-state index contributed by atoms with van der Waals surface area (Å²) in [7, 11) is 4.30. The Labute approximate surface area is 417 Å². The third-order valence-corrected chi connectivity index (χ3v) is 12.3. The Kier molecular flexibility index (Phi) is 22.6. The second kappa shape index (κ2) is 27.3. The maximum absolute atomic E-state index is 15.1. The number of para-hydroxylation sites is 1. The molecule has 0 aliphatic rings. The number of hydrogen-bond donors (Lipinski definition) is 4. The van der Waals surface area contributed by atoms with Crippen molar-refractivity contribution in [3.63, 3.8) is 0 Å². The van der Waals surface area contributed by atoms with Gasteiger partial charge in [-0.25, -0.2) is 14.0 Å². The predicted octanol–water partition coefficient (Wildman–Crippen LogP) is 5.05. The molecule has 19 heteroatoms. The lowest BCUT2D eigenvalue weighted by Gasteiger charge is -2.35. The van der Waals surface area contributed by atoms with Gasteiger partial charge in [0, 0.05) is 70.2 Å². The third-order valence-electron chi connectivity index (χ3n) is 12.3. The van der Waals surface area contributed by atoms with Gasteiger partial charge in [-0.05, 0) is 79.5 Å². The van der Waals surface area contributed by atoms with E-state index in [4.69, 9.17) is 15.7 Å². The summed E-state index contributed by atoms with van der Waals surface area (Å²) in [6.45, 7) is 16.7. The van der Waals surface area contributed by atoms with Crippen LogP contribution in [-0.2, 0) is 51.3 Å². The van der Waals surface area contributed by atoms with Gasteiger partial charge in [-0.2, -0.15) is 5.26 Å². The summed E-state index contributed by atoms with van der Waals surface area (Å²) >= 11 is 0. The number of fused-ring (bicyclic) bond motifs is 1. The summed E-state index contributed by atoms with van der Waals surface area (Å²) < 4.78 is 21.4. The molecule has 71 heavy (non-hydrogen) atoms. The van der Waals surface area contributed by atoms with E-state index in [2.05, 4.69) is 15.6 Å². The molecule has 3 aromatic rings. The topological polar surface area (TPSA) is 250 Å². The van der Waals surface area contributed by atoms with Crippen LogP contribution in [0.3, 0.4) is 0 Å². The normalized spacial score (nSPS) is 14.5. The largest absolute Gasteiger partial charge is 0.479 e. The average molecular weight is 990 g/mol. The minimum Gasteiger partial charge on any atom is -0.479 e. The van der Waals surface area contributed by atoms with Crippen molar-refractivity contribution in [2.75, 3.05) is 21.1 Å². The summed E-state index contributed by atoms with van der Waals surface area (Å²) in [5, 5.41) is 25.1. The Morgan fingerprint density at radius 3 is 1.85 bits per heavy atom. The molecule has 3 rings (SSSR count). The summed E-state index contributed by atoms with van der Waals surface area (Å²) in [6.07, 6.45) is 3.26. The van der Waals surface area contributed by atoms with Gasteiger partial charge >= 0.3 is 11.9 Å². The van der Waals surface area contributed by atoms with Gasteiger partial charge in [0.25, 0.3) is 0 Å². The summed E-state index contributed by atoms with van der Waals surface area (Å²) in [6, 6.07) is 3.73. The zero-order chi connectivity index (χ0) is 53.4. The fourth-order valence-corrected chi connectivity index (χ4v) is 8.46. The van der Waals surface area contributed by atoms with Gasteiger partial charge in [0.1, 0.15) is 36.0 Å². The number of nitrogens with one attached hydrogen (secondary N) is 2. The van der Waals surface area contributed by atoms with Crippen molar-refractivity contribution in [2.45, 2.75) is 156 Å². The molecule has 1 aromatic carbocycles. The molecule has 0 bridgehead atoms. The Balaban J connectivity index is 2.13. The van der Waals surface area contributed by atoms with E-state index in [0.717, 1.165) is 22.0 Å². The lowest BCUT2D eigenvalue weighted by molar-refractivity contribution is -0.169. The van der Waals surface area contributed by atoms with Crippen molar-refractivity contribution in [3.8, 4) is 6.07 Å². The number of nitrogens with zero attached hydrogens (tertiary/aromatic N) is 6. The number of carbonyl (C=O) groups excluding carboxylic acids is 6. The molecule has 2 aromatic heterocycles. The molecule has 2 heterocycles. The second-order valence-corrected chi connectivity index (χ2v) is 20.3. The Hall–Kier alpha value is -6.42. The maximum Gasteiger partial charge on any atom is 0.345 e. The molecule has 390 valence electrons. The highest BCUT2D eigenvalue weighted by Gasteiger charge is 2.39. The van der Waals surface area contributed by atoms with Gasteiger partial charge in [0.15, 0.2) is 6.10 Å². The van der Waals surface area contributed by atoms with E-state index in [9.17, 15) is 33.5 Å². The number of nitriles is 1. The Morgan fingerprint density at radius 2 is 1.31 bits per heavy atom. The van der Waals surface area contributed by atoms with Crippen LogP contribution >= 0.6 is 0 Å². The zero-order valence-corrected chi connectivity index (χ0v) is 43.5. The molecule has 0 spiro atoms. The van der Waals surface area contributed by atoms with E-state index in [1.165, 1.54) is 43.9 Å². The number of ether oxygens (including phenoxy) is 1. The number of esters is 1. The van der Waals surface area contributed by atoms with Crippen LogP contribution < -0.4 is 16.4 Å². The molecule has 0 fully saturated rings. The predicted molar refractivity (Wildman–Crippen MR) is 266 cm³/mol. The van der Waals surface area contributed by atoms with Crippen LogP contribution in [0.4, 0.5) is 4.39 Å². The van der Waals surface area contributed by atoms with Crippen LogP contribution in [0, 0.1) is 40.8 Å². The minimum atomic E-state index is -1.62. The highest BCUT2D eigenvalue weighted by molar-refractivity contribution is 5.97. The summed E-state index contributed by atoms with van der Waals surface area (Å²) in [5.41, 5.74) is 8.26. The van der Waals surface area contributed by atoms with Gasteiger partial charge in [-0.3, -0.25) is 29.0 Å². The van der Waals surface area contributed by atoms with Crippen molar-refractivity contribution in [2.24, 2.45) is 29.4 Å². The third kappa shape index (κ3) is 17.1. The minimum absolute atomic E-state index is 0.0260. The molecule has 0 saturated carbocycles.